The molecule has 2 nitrogen and oxygen atoms in total. The van der Waals surface area contributed by atoms with E-state index in [1.807, 2.05) is 0 Å². The van der Waals surface area contributed by atoms with Crippen molar-refractivity contribution in [1.82, 2.24) is 0 Å². The van der Waals surface area contributed by atoms with Crippen molar-refractivity contribution in [3.63, 3.8) is 0 Å². The maximum atomic E-state index is 9.71. The number of carbonyl (C=O) groups excluding carboxylic acids is 1. The minimum Gasteiger partial charge on any atom is -0.489 e. The van der Waals surface area contributed by atoms with Crippen LogP contribution in [0.25, 0.3) is 0 Å². The monoisotopic (exact) mass is 264 g/mol. The minimum atomic E-state index is -0.461. The van der Waals surface area contributed by atoms with Gasteiger partial charge in [-0.15, -0.1) is 0 Å². The topological polar surface area (TPSA) is 26.3 Å². The molecule has 0 aliphatic carbocycles. The third-order valence-electron chi connectivity index (χ3n) is 0.305. The largest absolute Gasteiger partial charge is 0.489 e. The second kappa shape index (κ2) is 15.9. The molecule has 0 bridgehead atoms. The van der Waals surface area contributed by atoms with E-state index in [9.17, 15) is 4.79 Å². The molecule has 0 rings (SSSR count). The number of carbonyl (C=O) groups is 1. The standard InChI is InChI=1S/C4H7O2.3Co/c1-3-6-4(2)5;;;/h2-3H2,1H3;;;/q-1;;;. The Labute approximate surface area is 86.1 Å². The zero-order valence-corrected chi connectivity index (χ0v) is 7.85. The van der Waals surface area contributed by atoms with Crippen molar-refractivity contribution < 1.29 is 59.9 Å². The average Bonchev–Trinajstić information content (AvgIpc) is 1.35. The number of hydrogen-bond acceptors (Lipinski definition) is 2. The Morgan fingerprint density at radius 2 is 1.78 bits per heavy atom. The summed E-state index contributed by atoms with van der Waals surface area (Å²) in [7, 11) is 0. The molecular weight excluding hydrogens is 257 g/mol. The fourth-order valence-corrected chi connectivity index (χ4v) is 0.161. The molecule has 9 heavy (non-hydrogen) atoms. The van der Waals surface area contributed by atoms with Gasteiger partial charge in [-0.1, -0.05) is 0 Å². The van der Waals surface area contributed by atoms with E-state index < -0.39 is 5.97 Å². The molecule has 0 amide bonds. The Kier molecular flexibility index (Phi) is 39.9. The molecule has 0 fully saturated rings. The number of esters is 1. The van der Waals surface area contributed by atoms with Gasteiger partial charge in [-0.25, -0.2) is 0 Å². The van der Waals surface area contributed by atoms with E-state index in [0.29, 0.717) is 6.61 Å². The van der Waals surface area contributed by atoms with Gasteiger partial charge in [-0.2, -0.15) is 0 Å². The minimum absolute atomic E-state index is 0. The predicted molar refractivity (Wildman–Crippen MR) is 22.0 cm³/mol. The van der Waals surface area contributed by atoms with E-state index >= 15 is 0 Å². The van der Waals surface area contributed by atoms with Crippen LogP contribution in [0.3, 0.4) is 0 Å². The first kappa shape index (κ1) is 22.5. The van der Waals surface area contributed by atoms with Crippen molar-refractivity contribution in [2.45, 2.75) is 6.92 Å². The van der Waals surface area contributed by atoms with Crippen molar-refractivity contribution >= 4 is 5.97 Å². The summed E-state index contributed by atoms with van der Waals surface area (Å²) in [5, 5.41) is 0. The fraction of sp³-hybridized carbons (Fsp3) is 0.500. The Morgan fingerprint density at radius 3 is 1.78 bits per heavy atom. The Balaban J connectivity index is -0.0000000417. The first-order chi connectivity index (χ1) is 2.77. The van der Waals surface area contributed by atoms with Gasteiger partial charge in [0.25, 0.3) is 0 Å². The van der Waals surface area contributed by atoms with E-state index in [-0.39, 0.29) is 50.3 Å². The van der Waals surface area contributed by atoms with Crippen LogP contribution < -0.4 is 0 Å². The molecule has 0 heterocycles. The van der Waals surface area contributed by atoms with Gasteiger partial charge in [0.2, 0.25) is 0 Å². The van der Waals surface area contributed by atoms with Gasteiger partial charge in [-0.3, -0.25) is 11.7 Å². The van der Waals surface area contributed by atoms with Gasteiger partial charge in [0, 0.05) is 50.3 Å². The smallest absolute Gasteiger partial charge is 0.164 e. The van der Waals surface area contributed by atoms with Crippen LogP contribution in [0.2, 0.25) is 0 Å². The van der Waals surface area contributed by atoms with Crippen molar-refractivity contribution in [3.8, 4) is 0 Å². The van der Waals surface area contributed by atoms with Gasteiger partial charge in [0.05, 0.1) is 6.61 Å². The summed E-state index contributed by atoms with van der Waals surface area (Å²) in [6.07, 6.45) is 0. The van der Waals surface area contributed by atoms with E-state index in [4.69, 9.17) is 0 Å². The molecule has 0 atom stereocenters. The molecule has 0 saturated carbocycles. The summed E-state index contributed by atoms with van der Waals surface area (Å²) in [5.74, 6) is -0.461. The first-order valence-electron chi connectivity index (χ1n) is 1.76. The van der Waals surface area contributed by atoms with Crippen LogP contribution >= 0.6 is 0 Å². The maximum Gasteiger partial charge on any atom is 0.164 e. The van der Waals surface area contributed by atoms with Crippen LogP contribution in [0.15, 0.2) is 0 Å². The third-order valence-corrected chi connectivity index (χ3v) is 0.305. The van der Waals surface area contributed by atoms with Crippen LogP contribution in [-0.4, -0.2) is 12.6 Å². The summed E-state index contributed by atoms with van der Waals surface area (Å²) in [6.45, 7) is 5.13. The van der Waals surface area contributed by atoms with E-state index in [0.717, 1.165) is 0 Å². The quantitative estimate of drug-likeness (QED) is 0.505. The van der Waals surface area contributed by atoms with Gasteiger partial charge in [-0.05, 0) is 6.92 Å². The molecule has 0 spiro atoms. The van der Waals surface area contributed by atoms with Gasteiger partial charge in [0.15, 0.2) is 5.97 Å². The van der Waals surface area contributed by atoms with Gasteiger partial charge >= 0.3 is 0 Å². The summed E-state index contributed by atoms with van der Waals surface area (Å²) in [5.41, 5.74) is 0. The number of hydrogen-bond donors (Lipinski definition) is 0. The third kappa shape index (κ3) is 28.0. The maximum absolute atomic E-state index is 9.71. The van der Waals surface area contributed by atoms with Crippen LogP contribution in [0.4, 0.5) is 0 Å². The van der Waals surface area contributed by atoms with Crippen molar-refractivity contribution in [3.05, 3.63) is 6.92 Å². The molecule has 0 aliphatic rings. The summed E-state index contributed by atoms with van der Waals surface area (Å²) in [6, 6.07) is 0. The zero-order valence-electron chi connectivity index (χ0n) is 4.73. The second-order valence-electron chi connectivity index (χ2n) is 0.805. The van der Waals surface area contributed by atoms with Crippen LogP contribution in [0.5, 0.6) is 0 Å². The Bertz CT molecular complexity index is 57.8. The molecule has 5 heteroatoms. The Morgan fingerprint density at radius 1 is 1.44 bits per heavy atom. The summed E-state index contributed by atoms with van der Waals surface area (Å²) in [4.78, 5) is 9.71. The van der Waals surface area contributed by atoms with Crippen molar-refractivity contribution in [2.75, 3.05) is 6.61 Å². The molecular formula is C4H7Co3O2-. The predicted octanol–water partition coefficient (Wildman–Crippen LogP) is 0.376. The molecule has 63 valence electrons. The molecule has 0 aliphatic heterocycles. The van der Waals surface area contributed by atoms with Crippen LogP contribution in [-0.2, 0) is 59.9 Å². The SMILES string of the molecule is [CH2-]C(=O)OCC.[Co].[Co].[Co]. The Hall–Kier alpha value is 0.859. The van der Waals surface area contributed by atoms with Crippen LogP contribution in [0.1, 0.15) is 6.92 Å². The molecule has 0 saturated heterocycles. The zero-order chi connectivity index (χ0) is 4.99. The molecule has 0 aromatic carbocycles. The summed E-state index contributed by atoms with van der Waals surface area (Å²) >= 11 is 0. The molecule has 3 radical (unpaired) electrons. The fourth-order valence-electron chi connectivity index (χ4n) is 0.161. The van der Waals surface area contributed by atoms with Crippen molar-refractivity contribution in [2.24, 2.45) is 0 Å². The van der Waals surface area contributed by atoms with Gasteiger partial charge in [0.1, 0.15) is 0 Å². The molecule has 0 unspecified atom stereocenters. The van der Waals surface area contributed by atoms with E-state index in [1.54, 1.807) is 6.92 Å². The first-order valence-corrected chi connectivity index (χ1v) is 1.76. The molecule has 0 N–H and O–H groups in total. The van der Waals surface area contributed by atoms with E-state index in [1.165, 1.54) is 0 Å². The van der Waals surface area contributed by atoms with E-state index in [2.05, 4.69) is 11.7 Å². The van der Waals surface area contributed by atoms with Crippen molar-refractivity contribution in [1.29, 1.82) is 0 Å². The number of ether oxygens (including phenoxy) is 1. The molecule has 0 aromatic heterocycles. The number of rotatable bonds is 1. The normalized spacial score (nSPS) is 5.00. The molecule has 0 aromatic rings. The van der Waals surface area contributed by atoms with Gasteiger partial charge < -0.3 is 4.74 Å². The van der Waals surface area contributed by atoms with Crippen LogP contribution in [0, 0.1) is 6.92 Å². The second-order valence-corrected chi connectivity index (χ2v) is 0.805. The summed E-state index contributed by atoms with van der Waals surface area (Å²) < 4.78 is 4.29. The average molecular weight is 264 g/mol.